The van der Waals surface area contributed by atoms with Gasteiger partial charge in [0.1, 0.15) is 5.75 Å². The lowest BCUT2D eigenvalue weighted by Crippen LogP contribution is -2.40. The van der Waals surface area contributed by atoms with Gasteiger partial charge in [-0.1, -0.05) is 0 Å². The molecule has 8 heteroatoms. The van der Waals surface area contributed by atoms with Crippen molar-refractivity contribution in [1.29, 1.82) is 0 Å². The lowest BCUT2D eigenvalue weighted by Gasteiger charge is -2.31. The Morgan fingerprint density at radius 1 is 1.19 bits per heavy atom. The van der Waals surface area contributed by atoms with Crippen molar-refractivity contribution >= 4 is 5.97 Å². The van der Waals surface area contributed by atoms with Crippen LogP contribution in [0.1, 0.15) is 29.6 Å². The summed E-state index contributed by atoms with van der Waals surface area (Å²) in [6.45, 7) is 2.05. The third-order valence-electron chi connectivity index (χ3n) is 4.48. The molecule has 0 unspecified atom stereocenters. The van der Waals surface area contributed by atoms with Gasteiger partial charge in [-0.25, -0.2) is 13.6 Å². The van der Waals surface area contributed by atoms with Crippen LogP contribution < -0.4 is 4.74 Å². The largest absolute Gasteiger partial charge is 0.492 e. The molecule has 1 aliphatic heterocycles. The zero-order chi connectivity index (χ0) is 19.3. The van der Waals surface area contributed by atoms with Crippen LogP contribution in [0.4, 0.5) is 8.78 Å². The van der Waals surface area contributed by atoms with Gasteiger partial charge in [-0.15, -0.1) is 0 Å². The highest BCUT2D eigenvalue weighted by Crippen LogP contribution is 2.27. The summed E-state index contributed by atoms with van der Waals surface area (Å²) in [6.07, 6.45) is 3.59. The molecular weight excluding hydrogens is 356 g/mol. The number of likely N-dealkylation sites (tertiary alicyclic amines) is 1. The average Bonchev–Trinajstić information content (AvgIpc) is 2.67. The molecule has 0 bridgehead atoms. The van der Waals surface area contributed by atoms with Crippen LogP contribution >= 0.6 is 0 Å². The molecule has 27 heavy (non-hydrogen) atoms. The van der Waals surface area contributed by atoms with E-state index in [2.05, 4.69) is 9.97 Å². The molecule has 0 radical (unpaired) electrons. The highest BCUT2D eigenvalue weighted by Gasteiger charge is 2.33. The molecule has 3 rings (SSSR count). The van der Waals surface area contributed by atoms with E-state index in [1.807, 2.05) is 4.90 Å². The number of ether oxygens (including phenoxy) is 1. The van der Waals surface area contributed by atoms with Crippen LogP contribution in [0.3, 0.4) is 0 Å². The summed E-state index contributed by atoms with van der Waals surface area (Å²) in [5.74, 6) is -2.94. The second-order valence-corrected chi connectivity index (χ2v) is 6.51. The highest BCUT2D eigenvalue weighted by molar-refractivity contribution is 5.88. The summed E-state index contributed by atoms with van der Waals surface area (Å²) in [4.78, 5) is 21.4. The predicted octanol–water partition coefficient (Wildman–Crippen LogP) is 3.34. The number of piperidine rings is 1. The van der Waals surface area contributed by atoms with Crippen LogP contribution in [0.25, 0.3) is 11.4 Å². The fourth-order valence-electron chi connectivity index (χ4n) is 2.90. The average molecular weight is 377 g/mol. The number of aromatic carboxylic acids is 1. The van der Waals surface area contributed by atoms with E-state index in [0.717, 1.165) is 13.0 Å². The van der Waals surface area contributed by atoms with Gasteiger partial charge in [0, 0.05) is 38.7 Å². The Labute approximate surface area is 155 Å². The minimum Gasteiger partial charge on any atom is -0.492 e. The number of pyridine rings is 2. The monoisotopic (exact) mass is 377 g/mol. The summed E-state index contributed by atoms with van der Waals surface area (Å²) < 4.78 is 31.9. The Bertz CT molecular complexity index is 774. The zero-order valence-corrected chi connectivity index (χ0v) is 14.8. The first-order valence-corrected chi connectivity index (χ1v) is 8.82. The fraction of sp³-hybridized carbons (Fsp3) is 0.421. The third kappa shape index (κ3) is 5.43. The Balaban J connectivity index is 1.46. The smallest absolute Gasteiger partial charge is 0.335 e. The van der Waals surface area contributed by atoms with E-state index in [1.165, 1.54) is 18.3 Å². The minimum absolute atomic E-state index is 0.0731. The van der Waals surface area contributed by atoms with Crippen molar-refractivity contribution in [2.45, 2.75) is 25.2 Å². The van der Waals surface area contributed by atoms with Gasteiger partial charge in [-0.3, -0.25) is 9.97 Å². The summed E-state index contributed by atoms with van der Waals surface area (Å²) in [5.41, 5.74) is 1.18. The van der Waals surface area contributed by atoms with Gasteiger partial charge in [0.05, 0.1) is 29.8 Å². The van der Waals surface area contributed by atoms with E-state index in [9.17, 15) is 13.6 Å². The van der Waals surface area contributed by atoms with E-state index in [-0.39, 0.29) is 18.4 Å². The van der Waals surface area contributed by atoms with Crippen molar-refractivity contribution in [2.75, 3.05) is 26.2 Å². The standard InChI is InChI=1S/C19H21F2N3O3/c20-19(21)5-9-24(10-6-19)8-1-11-27-15-2-3-16(23-13-15)17-12-14(18(25)26)4-7-22-17/h2-4,7,12-13H,1,5-6,8-11H2,(H,25,26). The molecule has 0 saturated carbocycles. The maximum Gasteiger partial charge on any atom is 0.335 e. The van der Waals surface area contributed by atoms with Crippen LogP contribution in [-0.2, 0) is 0 Å². The van der Waals surface area contributed by atoms with Gasteiger partial charge in [0.25, 0.3) is 5.92 Å². The quantitative estimate of drug-likeness (QED) is 0.746. The molecular formula is C19H21F2N3O3. The molecule has 3 heterocycles. The van der Waals surface area contributed by atoms with Gasteiger partial charge in [0.15, 0.2) is 0 Å². The molecule has 0 amide bonds. The number of aromatic nitrogens is 2. The number of halogens is 2. The van der Waals surface area contributed by atoms with Crippen LogP contribution in [0.2, 0.25) is 0 Å². The SMILES string of the molecule is O=C(O)c1ccnc(-c2ccc(OCCCN3CCC(F)(F)CC3)cn2)c1. The summed E-state index contributed by atoms with van der Waals surface area (Å²) in [6, 6.07) is 6.36. The Morgan fingerprint density at radius 3 is 2.63 bits per heavy atom. The van der Waals surface area contributed by atoms with Gasteiger partial charge >= 0.3 is 5.97 Å². The van der Waals surface area contributed by atoms with Crippen molar-refractivity contribution < 1.29 is 23.4 Å². The first kappa shape index (κ1) is 19.2. The molecule has 1 aliphatic rings. The first-order valence-electron chi connectivity index (χ1n) is 8.82. The number of carbonyl (C=O) groups is 1. The Kier molecular flexibility index (Phi) is 5.95. The van der Waals surface area contributed by atoms with Gasteiger partial charge in [0.2, 0.25) is 0 Å². The number of nitrogens with zero attached hydrogens (tertiary/aromatic N) is 3. The van der Waals surface area contributed by atoms with E-state index < -0.39 is 11.9 Å². The van der Waals surface area contributed by atoms with E-state index >= 15 is 0 Å². The number of hydrogen-bond acceptors (Lipinski definition) is 5. The number of rotatable bonds is 7. The zero-order valence-electron chi connectivity index (χ0n) is 14.8. The number of carboxylic acids is 1. The van der Waals surface area contributed by atoms with Crippen molar-refractivity contribution in [2.24, 2.45) is 0 Å². The topological polar surface area (TPSA) is 75.6 Å². The lowest BCUT2D eigenvalue weighted by molar-refractivity contribution is -0.0554. The first-order chi connectivity index (χ1) is 12.9. The molecule has 144 valence electrons. The lowest BCUT2D eigenvalue weighted by atomic mass is 10.1. The minimum atomic E-state index is -2.51. The van der Waals surface area contributed by atoms with Crippen LogP contribution in [0, 0.1) is 0 Å². The Morgan fingerprint density at radius 2 is 1.96 bits per heavy atom. The predicted molar refractivity (Wildman–Crippen MR) is 95.2 cm³/mol. The molecule has 6 nitrogen and oxygen atoms in total. The summed E-state index contributed by atoms with van der Waals surface area (Å²) in [5, 5.41) is 9.03. The third-order valence-corrected chi connectivity index (χ3v) is 4.48. The maximum absolute atomic E-state index is 13.1. The van der Waals surface area contributed by atoms with Gasteiger partial charge < -0.3 is 14.7 Å². The van der Waals surface area contributed by atoms with Gasteiger partial charge in [-0.05, 0) is 30.7 Å². The van der Waals surface area contributed by atoms with Crippen molar-refractivity contribution in [3.8, 4) is 17.1 Å². The molecule has 0 atom stereocenters. The van der Waals surface area contributed by atoms with Gasteiger partial charge in [-0.2, -0.15) is 0 Å². The van der Waals surface area contributed by atoms with E-state index in [4.69, 9.17) is 9.84 Å². The van der Waals surface area contributed by atoms with Crippen molar-refractivity contribution in [1.82, 2.24) is 14.9 Å². The molecule has 1 fully saturated rings. The molecule has 0 aliphatic carbocycles. The van der Waals surface area contributed by atoms with Crippen LogP contribution in [-0.4, -0.2) is 58.1 Å². The van der Waals surface area contributed by atoms with E-state index in [1.54, 1.807) is 18.3 Å². The number of hydrogen-bond donors (Lipinski definition) is 1. The summed E-state index contributed by atoms with van der Waals surface area (Å²) in [7, 11) is 0. The van der Waals surface area contributed by atoms with Crippen LogP contribution in [0.15, 0.2) is 36.7 Å². The second kappa shape index (κ2) is 8.39. The molecule has 1 N–H and O–H groups in total. The summed E-state index contributed by atoms with van der Waals surface area (Å²) >= 11 is 0. The molecule has 0 aromatic carbocycles. The molecule has 2 aromatic rings. The Hall–Kier alpha value is -2.61. The van der Waals surface area contributed by atoms with Crippen molar-refractivity contribution in [3.05, 3.63) is 42.2 Å². The molecule has 2 aromatic heterocycles. The van der Waals surface area contributed by atoms with Crippen molar-refractivity contribution in [3.63, 3.8) is 0 Å². The number of carboxylic acid groups (broad SMARTS) is 1. The van der Waals surface area contributed by atoms with Crippen LogP contribution in [0.5, 0.6) is 5.75 Å². The highest BCUT2D eigenvalue weighted by atomic mass is 19.3. The molecule has 1 saturated heterocycles. The number of alkyl halides is 2. The fourth-order valence-corrected chi connectivity index (χ4v) is 2.90. The van der Waals surface area contributed by atoms with E-state index in [0.29, 0.717) is 36.8 Å². The molecule has 0 spiro atoms. The second-order valence-electron chi connectivity index (χ2n) is 6.51. The maximum atomic E-state index is 13.1. The normalized spacial score (nSPS) is 16.8.